The second-order valence-electron chi connectivity index (χ2n) is 6.48. The molecule has 132 valence electrons. The quantitative estimate of drug-likeness (QED) is 0.730. The molecule has 0 saturated carbocycles. The standard InChI is InChI=1S/C21H22N4O/c1-2-19(26)24-12-14-25(15-13-24)21-17-10-6-7-11-18(17)22-20(23-21)16-8-4-3-5-9-16/h3-11H,2,12-15H2,1H3. The van der Waals surface area contributed by atoms with Crippen molar-refractivity contribution in [2.75, 3.05) is 31.1 Å². The topological polar surface area (TPSA) is 49.3 Å². The Balaban J connectivity index is 1.71. The molecule has 2 heterocycles. The van der Waals surface area contributed by atoms with E-state index in [1.807, 2.05) is 60.4 Å². The first kappa shape index (κ1) is 16.5. The van der Waals surface area contributed by atoms with Gasteiger partial charge in [-0.15, -0.1) is 0 Å². The van der Waals surface area contributed by atoms with E-state index < -0.39 is 0 Å². The molecule has 5 heteroatoms. The van der Waals surface area contributed by atoms with Gasteiger partial charge < -0.3 is 9.80 Å². The van der Waals surface area contributed by atoms with Crippen LogP contribution in [0.25, 0.3) is 22.3 Å². The number of aromatic nitrogens is 2. The van der Waals surface area contributed by atoms with Crippen LogP contribution in [0.1, 0.15) is 13.3 Å². The van der Waals surface area contributed by atoms with Crippen molar-refractivity contribution in [2.24, 2.45) is 0 Å². The average Bonchev–Trinajstić information content (AvgIpc) is 2.73. The summed E-state index contributed by atoms with van der Waals surface area (Å²) in [6.07, 6.45) is 0.564. The van der Waals surface area contributed by atoms with Gasteiger partial charge in [-0.3, -0.25) is 4.79 Å². The fraction of sp³-hybridized carbons (Fsp3) is 0.286. The van der Waals surface area contributed by atoms with Gasteiger partial charge in [-0.1, -0.05) is 49.4 Å². The van der Waals surface area contributed by atoms with E-state index in [2.05, 4.69) is 11.0 Å². The Morgan fingerprint density at radius 3 is 2.35 bits per heavy atom. The summed E-state index contributed by atoms with van der Waals surface area (Å²) < 4.78 is 0. The lowest BCUT2D eigenvalue weighted by Gasteiger charge is -2.35. The number of fused-ring (bicyclic) bond motifs is 1. The molecule has 0 aliphatic carbocycles. The van der Waals surface area contributed by atoms with Gasteiger partial charge >= 0.3 is 0 Å². The molecule has 0 unspecified atom stereocenters. The maximum absolute atomic E-state index is 11.9. The number of carbonyl (C=O) groups excluding carboxylic acids is 1. The second-order valence-corrected chi connectivity index (χ2v) is 6.48. The lowest BCUT2D eigenvalue weighted by molar-refractivity contribution is -0.131. The van der Waals surface area contributed by atoms with E-state index in [4.69, 9.17) is 9.97 Å². The Morgan fingerprint density at radius 1 is 0.923 bits per heavy atom. The predicted molar refractivity (Wildman–Crippen MR) is 104 cm³/mol. The van der Waals surface area contributed by atoms with Gasteiger partial charge in [0.05, 0.1) is 5.52 Å². The molecule has 1 fully saturated rings. The maximum Gasteiger partial charge on any atom is 0.222 e. The van der Waals surface area contributed by atoms with Crippen LogP contribution in [-0.2, 0) is 4.79 Å². The van der Waals surface area contributed by atoms with Crippen molar-refractivity contribution < 1.29 is 4.79 Å². The largest absolute Gasteiger partial charge is 0.352 e. The van der Waals surface area contributed by atoms with Crippen LogP contribution in [-0.4, -0.2) is 47.0 Å². The number of nitrogens with zero attached hydrogens (tertiary/aromatic N) is 4. The minimum atomic E-state index is 0.224. The van der Waals surface area contributed by atoms with Crippen LogP contribution in [0, 0.1) is 0 Å². The summed E-state index contributed by atoms with van der Waals surface area (Å²) in [5, 5.41) is 1.06. The number of anilines is 1. The molecule has 0 N–H and O–H groups in total. The summed E-state index contributed by atoms with van der Waals surface area (Å²) in [7, 11) is 0. The molecular weight excluding hydrogens is 324 g/mol. The molecule has 4 rings (SSSR count). The molecule has 2 aromatic carbocycles. The first-order valence-electron chi connectivity index (χ1n) is 9.11. The predicted octanol–water partition coefficient (Wildman–Crippen LogP) is 3.36. The van der Waals surface area contributed by atoms with Gasteiger partial charge in [0.15, 0.2) is 5.82 Å². The molecule has 0 radical (unpaired) electrons. The number of benzene rings is 2. The third kappa shape index (κ3) is 3.12. The molecule has 3 aromatic rings. The van der Waals surface area contributed by atoms with Gasteiger partial charge in [-0.2, -0.15) is 0 Å². The van der Waals surface area contributed by atoms with Crippen molar-refractivity contribution >= 4 is 22.6 Å². The van der Waals surface area contributed by atoms with Crippen molar-refractivity contribution in [1.29, 1.82) is 0 Å². The number of amides is 1. The van der Waals surface area contributed by atoms with Gasteiger partial charge in [-0.05, 0) is 12.1 Å². The minimum Gasteiger partial charge on any atom is -0.352 e. The molecule has 0 bridgehead atoms. The lowest BCUT2D eigenvalue weighted by Crippen LogP contribution is -2.49. The average molecular weight is 346 g/mol. The van der Waals surface area contributed by atoms with E-state index in [0.29, 0.717) is 6.42 Å². The highest BCUT2D eigenvalue weighted by Crippen LogP contribution is 2.28. The van der Waals surface area contributed by atoms with E-state index in [1.165, 1.54) is 0 Å². The Hall–Kier alpha value is -2.95. The maximum atomic E-state index is 11.9. The number of carbonyl (C=O) groups is 1. The number of para-hydroxylation sites is 1. The zero-order valence-electron chi connectivity index (χ0n) is 14.9. The number of hydrogen-bond acceptors (Lipinski definition) is 4. The molecule has 1 aromatic heterocycles. The molecule has 26 heavy (non-hydrogen) atoms. The molecule has 1 saturated heterocycles. The van der Waals surface area contributed by atoms with Crippen LogP contribution >= 0.6 is 0 Å². The summed E-state index contributed by atoms with van der Waals surface area (Å²) in [5.74, 6) is 1.92. The summed E-state index contributed by atoms with van der Waals surface area (Å²) in [4.78, 5) is 25.8. The zero-order valence-corrected chi connectivity index (χ0v) is 14.9. The molecule has 0 spiro atoms. The fourth-order valence-corrected chi connectivity index (χ4v) is 3.41. The molecule has 1 aliphatic heterocycles. The van der Waals surface area contributed by atoms with Crippen molar-refractivity contribution in [3.8, 4) is 11.4 Å². The highest BCUT2D eigenvalue weighted by Gasteiger charge is 2.23. The highest BCUT2D eigenvalue weighted by molar-refractivity contribution is 5.91. The highest BCUT2D eigenvalue weighted by atomic mass is 16.2. The minimum absolute atomic E-state index is 0.224. The van der Waals surface area contributed by atoms with Crippen LogP contribution in [0.4, 0.5) is 5.82 Å². The van der Waals surface area contributed by atoms with Crippen LogP contribution < -0.4 is 4.90 Å². The molecular formula is C21H22N4O. The van der Waals surface area contributed by atoms with Gasteiger partial charge in [0.2, 0.25) is 5.91 Å². The van der Waals surface area contributed by atoms with E-state index in [9.17, 15) is 4.79 Å². The van der Waals surface area contributed by atoms with Crippen molar-refractivity contribution in [3.05, 3.63) is 54.6 Å². The van der Waals surface area contributed by atoms with Crippen molar-refractivity contribution in [3.63, 3.8) is 0 Å². The van der Waals surface area contributed by atoms with Crippen LogP contribution in [0.15, 0.2) is 54.6 Å². The van der Waals surface area contributed by atoms with E-state index in [0.717, 1.165) is 54.3 Å². The SMILES string of the molecule is CCC(=O)N1CCN(c2nc(-c3ccccc3)nc3ccccc23)CC1. The summed E-state index contributed by atoms with van der Waals surface area (Å²) in [5.41, 5.74) is 1.96. The van der Waals surface area contributed by atoms with Gasteiger partial charge in [0.1, 0.15) is 5.82 Å². The normalized spacial score (nSPS) is 14.7. The van der Waals surface area contributed by atoms with Gasteiger partial charge in [-0.25, -0.2) is 9.97 Å². The number of rotatable bonds is 3. The smallest absolute Gasteiger partial charge is 0.222 e. The monoisotopic (exact) mass is 346 g/mol. The zero-order chi connectivity index (χ0) is 17.9. The van der Waals surface area contributed by atoms with Gasteiger partial charge in [0.25, 0.3) is 0 Å². The third-order valence-electron chi connectivity index (χ3n) is 4.85. The first-order valence-corrected chi connectivity index (χ1v) is 9.11. The molecule has 1 amide bonds. The molecule has 1 aliphatic rings. The van der Waals surface area contributed by atoms with Crippen molar-refractivity contribution in [2.45, 2.75) is 13.3 Å². The summed E-state index contributed by atoms with van der Waals surface area (Å²) in [6, 6.07) is 18.2. The van der Waals surface area contributed by atoms with E-state index in [-0.39, 0.29) is 5.91 Å². The number of hydrogen-bond donors (Lipinski definition) is 0. The second kappa shape index (κ2) is 7.12. The van der Waals surface area contributed by atoms with Crippen LogP contribution in [0.2, 0.25) is 0 Å². The third-order valence-corrected chi connectivity index (χ3v) is 4.85. The van der Waals surface area contributed by atoms with Crippen LogP contribution in [0.5, 0.6) is 0 Å². The Bertz CT molecular complexity index is 918. The molecule has 5 nitrogen and oxygen atoms in total. The van der Waals surface area contributed by atoms with E-state index >= 15 is 0 Å². The Morgan fingerprint density at radius 2 is 1.62 bits per heavy atom. The number of piperazine rings is 1. The van der Waals surface area contributed by atoms with Crippen LogP contribution in [0.3, 0.4) is 0 Å². The first-order chi connectivity index (χ1) is 12.8. The fourth-order valence-electron chi connectivity index (χ4n) is 3.41. The van der Waals surface area contributed by atoms with E-state index in [1.54, 1.807) is 0 Å². The lowest BCUT2D eigenvalue weighted by atomic mass is 10.1. The van der Waals surface area contributed by atoms with Crippen molar-refractivity contribution in [1.82, 2.24) is 14.9 Å². The summed E-state index contributed by atoms with van der Waals surface area (Å²) >= 11 is 0. The Labute approximate surface area is 153 Å². The Kier molecular flexibility index (Phi) is 4.52. The molecule has 0 atom stereocenters. The summed E-state index contributed by atoms with van der Waals surface area (Å²) in [6.45, 7) is 4.98. The van der Waals surface area contributed by atoms with Gasteiger partial charge in [0, 0.05) is 43.5 Å².